The van der Waals surface area contributed by atoms with E-state index >= 15 is 0 Å². The Morgan fingerprint density at radius 1 is 0.720 bits per heavy atom. The predicted octanol–water partition coefficient (Wildman–Crippen LogP) is 3.78. The zero-order chi connectivity index (χ0) is 17.6. The van der Waals surface area contributed by atoms with Gasteiger partial charge in [0, 0.05) is 26.6 Å². The fraction of sp³-hybridized carbons (Fsp3) is 0. The third-order valence-corrected chi connectivity index (χ3v) is 5.27. The van der Waals surface area contributed by atoms with Gasteiger partial charge in [-0.2, -0.15) is 0 Å². The summed E-state index contributed by atoms with van der Waals surface area (Å²) in [5.41, 5.74) is 14.1. The second-order valence-corrected chi connectivity index (χ2v) is 6.86. The van der Waals surface area contributed by atoms with Gasteiger partial charge >= 0.3 is 0 Å². The van der Waals surface area contributed by atoms with Crippen molar-refractivity contribution in [1.82, 2.24) is 0 Å². The molecule has 4 N–H and O–H groups in total. The highest BCUT2D eigenvalue weighted by Gasteiger charge is 2.34. The molecule has 25 heavy (non-hydrogen) atoms. The van der Waals surface area contributed by atoms with Crippen molar-refractivity contribution in [2.45, 2.75) is 9.79 Å². The molecule has 0 saturated carbocycles. The summed E-state index contributed by atoms with van der Waals surface area (Å²) in [5, 5.41) is 0. The first-order valence-electron chi connectivity index (χ1n) is 7.71. The maximum atomic E-state index is 12.9. The van der Waals surface area contributed by atoms with Gasteiger partial charge in [0.1, 0.15) is 0 Å². The van der Waals surface area contributed by atoms with E-state index < -0.39 is 0 Å². The number of carbonyl (C=O) groups excluding carboxylic acids is 2. The Labute approximate surface area is 148 Å². The maximum Gasteiger partial charge on any atom is 0.196 e. The van der Waals surface area contributed by atoms with Crippen molar-refractivity contribution in [3.8, 4) is 0 Å². The molecule has 1 aliphatic carbocycles. The molecule has 0 heterocycles. The van der Waals surface area contributed by atoms with E-state index in [1.165, 1.54) is 11.8 Å². The number of carbonyl (C=O) groups is 2. The minimum absolute atomic E-state index is 0.207. The molecule has 122 valence electrons. The van der Waals surface area contributed by atoms with Crippen LogP contribution in [0.3, 0.4) is 0 Å². The van der Waals surface area contributed by atoms with Gasteiger partial charge < -0.3 is 11.5 Å². The Kier molecular flexibility index (Phi) is 3.58. The molecule has 3 aromatic carbocycles. The van der Waals surface area contributed by atoms with E-state index in [0.29, 0.717) is 21.7 Å². The lowest BCUT2D eigenvalue weighted by atomic mass is 9.82. The molecule has 3 aromatic rings. The first kappa shape index (κ1) is 15.5. The van der Waals surface area contributed by atoms with Crippen molar-refractivity contribution in [3.05, 3.63) is 82.9 Å². The molecular weight excluding hydrogens is 332 g/mol. The van der Waals surface area contributed by atoms with Crippen molar-refractivity contribution in [1.29, 1.82) is 0 Å². The number of hydrogen-bond donors (Lipinski definition) is 2. The van der Waals surface area contributed by atoms with Gasteiger partial charge in [0.2, 0.25) is 0 Å². The summed E-state index contributed by atoms with van der Waals surface area (Å²) in [7, 11) is 0. The normalized spacial score (nSPS) is 12.6. The monoisotopic (exact) mass is 346 g/mol. The van der Waals surface area contributed by atoms with Gasteiger partial charge in [0.05, 0.1) is 16.8 Å². The standard InChI is InChI=1S/C20H14N2O2S/c21-14-10-15(25-11-6-2-1-3-7-11)18(22)17-16(14)19(23)12-8-4-5-9-13(12)20(17)24/h1-10H,21-22H2. The second kappa shape index (κ2) is 5.79. The molecule has 0 aliphatic heterocycles. The summed E-state index contributed by atoms with van der Waals surface area (Å²) >= 11 is 1.42. The third-order valence-electron chi connectivity index (χ3n) is 4.20. The van der Waals surface area contributed by atoms with Gasteiger partial charge in [-0.15, -0.1) is 0 Å². The van der Waals surface area contributed by atoms with E-state index in [-0.39, 0.29) is 28.4 Å². The molecule has 0 bridgehead atoms. The molecule has 0 saturated heterocycles. The number of rotatable bonds is 2. The number of anilines is 2. The molecule has 4 nitrogen and oxygen atoms in total. The summed E-state index contributed by atoms with van der Waals surface area (Å²) in [5.74, 6) is -0.518. The first-order valence-corrected chi connectivity index (χ1v) is 8.53. The van der Waals surface area contributed by atoms with Gasteiger partial charge in [0.25, 0.3) is 0 Å². The van der Waals surface area contributed by atoms with Crippen LogP contribution in [-0.4, -0.2) is 11.6 Å². The van der Waals surface area contributed by atoms with Gasteiger partial charge in [-0.1, -0.05) is 54.2 Å². The molecule has 4 rings (SSSR count). The minimum atomic E-state index is -0.259. The quantitative estimate of drug-likeness (QED) is 0.540. The van der Waals surface area contributed by atoms with Crippen LogP contribution in [0.5, 0.6) is 0 Å². The highest BCUT2D eigenvalue weighted by Crippen LogP contribution is 2.41. The lowest BCUT2D eigenvalue weighted by molar-refractivity contribution is 0.0980. The molecule has 0 unspecified atom stereocenters. The van der Waals surface area contributed by atoms with Crippen LogP contribution in [-0.2, 0) is 0 Å². The smallest absolute Gasteiger partial charge is 0.196 e. The van der Waals surface area contributed by atoms with Gasteiger partial charge in [0.15, 0.2) is 11.6 Å². The zero-order valence-electron chi connectivity index (χ0n) is 13.2. The predicted molar refractivity (Wildman–Crippen MR) is 99.1 cm³/mol. The maximum absolute atomic E-state index is 12.9. The summed E-state index contributed by atoms with van der Waals surface area (Å²) in [4.78, 5) is 27.4. The van der Waals surface area contributed by atoms with Crippen LogP contribution in [0, 0.1) is 0 Å². The summed E-state index contributed by atoms with van der Waals surface area (Å²) < 4.78 is 0. The Morgan fingerprint density at radius 2 is 1.28 bits per heavy atom. The summed E-state index contributed by atoms with van der Waals surface area (Å²) in [6.45, 7) is 0. The lowest BCUT2D eigenvalue weighted by Gasteiger charge is -2.22. The van der Waals surface area contributed by atoms with Gasteiger partial charge in [-0.05, 0) is 18.2 Å². The van der Waals surface area contributed by atoms with E-state index in [1.54, 1.807) is 30.3 Å². The Morgan fingerprint density at radius 3 is 1.92 bits per heavy atom. The van der Waals surface area contributed by atoms with E-state index in [1.807, 2.05) is 30.3 Å². The van der Waals surface area contributed by atoms with E-state index in [0.717, 1.165) is 4.90 Å². The van der Waals surface area contributed by atoms with Crippen molar-refractivity contribution in [3.63, 3.8) is 0 Å². The zero-order valence-corrected chi connectivity index (χ0v) is 14.0. The number of nitrogens with two attached hydrogens (primary N) is 2. The topological polar surface area (TPSA) is 86.2 Å². The fourth-order valence-corrected chi connectivity index (χ4v) is 3.97. The van der Waals surface area contributed by atoms with E-state index in [2.05, 4.69) is 0 Å². The number of ketones is 2. The van der Waals surface area contributed by atoms with Gasteiger partial charge in [-0.3, -0.25) is 9.59 Å². The summed E-state index contributed by atoms with van der Waals surface area (Å²) in [6.07, 6.45) is 0. The molecule has 1 aliphatic rings. The second-order valence-electron chi connectivity index (χ2n) is 5.75. The van der Waals surface area contributed by atoms with E-state index in [9.17, 15) is 9.59 Å². The molecule has 0 radical (unpaired) electrons. The van der Waals surface area contributed by atoms with Crippen LogP contribution >= 0.6 is 11.8 Å². The van der Waals surface area contributed by atoms with Crippen molar-refractivity contribution >= 4 is 34.7 Å². The molecule has 0 amide bonds. The number of hydrogen-bond acceptors (Lipinski definition) is 5. The fourth-order valence-electron chi connectivity index (χ4n) is 3.02. The van der Waals surface area contributed by atoms with Crippen molar-refractivity contribution < 1.29 is 9.59 Å². The van der Waals surface area contributed by atoms with Crippen LogP contribution in [0.1, 0.15) is 31.8 Å². The van der Waals surface area contributed by atoms with Crippen molar-refractivity contribution in [2.24, 2.45) is 0 Å². The Balaban J connectivity index is 1.90. The third kappa shape index (κ3) is 2.40. The van der Waals surface area contributed by atoms with E-state index in [4.69, 9.17) is 11.5 Å². The minimum Gasteiger partial charge on any atom is -0.398 e. The summed E-state index contributed by atoms with van der Waals surface area (Å²) in [6, 6.07) is 18.1. The van der Waals surface area contributed by atoms with Crippen LogP contribution in [0.25, 0.3) is 0 Å². The Bertz CT molecular complexity index is 1030. The molecule has 0 aromatic heterocycles. The molecule has 0 fully saturated rings. The molecule has 0 atom stereocenters. The highest BCUT2D eigenvalue weighted by molar-refractivity contribution is 7.99. The first-order chi connectivity index (χ1) is 12.1. The van der Waals surface area contributed by atoms with Crippen LogP contribution in [0.4, 0.5) is 11.4 Å². The molecule has 5 heteroatoms. The van der Waals surface area contributed by atoms with Gasteiger partial charge in [-0.25, -0.2) is 0 Å². The average molecular weight is 346 g/mol. The highest BCUT2D eigenvalue weighted by atomic mass is 32.2. The van der Waals surface area contributed by atoms with Crippen LogP contribution < -0.4 is 11.5 Å². The molecule has 0 spiro atoms. The average Bonchev–Trinajstić information content (AvgIpc) is 2.63. The van der Waals surface area contributed by atoms with Crippen LogP contribution in [0.15, 0.2) is 70.5 Å². The molecular formula is C20H14N2O2S. The Hall–Kier alpha value is -3.05. The lowest BCUT2D eigenvalue weighted by Crippen LogP contribution is -2.24. The number of fused-ring (bicyclic) bond motifs is 2. The van der Waals surface area contributed by atoms with Crippen LogP contribution in [0.2, 0.25) is 0 Å². The van der Waals surface area contributed by atoms with Crippen molar-refractivity contribution in [2.75, 3.05) is 11.5 Å². The number of benzene rings is 3. The SMILES string of the molecule is Nc1cc(Sc2ccccc2)c(N)c2c1C(=O)c1ccccc1C2=O. The largest absolute Gasteiger partial charge is 0.398 e. The number of nitrogen functional groups attached to an aromatic ring is 2.